The van der Waals surface area contributed by atoms with E-state index < -0.39 is 0 Å². The first-order chi connectivity index (χ1) is 7.66. The van der Waals surface area contributed by atoms with Crippen LogP contribution in [0, 0.1) is 0 Å². The van der Waals surface area contributed by atoms with Gasteiger partial charge in [0.15, 0.2) is 0 Å². The Kier molecular flexibility index (Phi) is 1.57. The van der Waals surface area contributed by atoms with Crippen LogP contribution >= 0.6 is 0 Å². The predicted octanol–water partition coefficient (Wildman–Crippen LogP) is 2.20. The van der Waals surface area contributed by atoms with Crippen LogP contribution in [0.1, 0.15) is 0 Å². The zero-order valence-corrected chi connectivity index (χ0v) is 8.51. The highest BCUT2D eigenvalue weighted by Crippen LogP contribution is 2.30. The van der Waals surface area contributed by atoms with Crippen molar-refractivity contribution >= 4 is 33.2 Å². The molecule has 0 fully saturated rings. The quantitative estimate of drug-likeness (QED) is 0.395. The van der Waals surface area contributed by atoms with Crippen LogP contribution in [0.4, 0.5) is 11.4 Å². The van der Waals surface area contributed by atoms with E-state index in [1.54, 1.807) is 24.3 Å². The molecule has 5 N–H and O–H groups in total. The number of benzene rings is 2. The topological polar surface area (TPSA) is 77.2 Å². The van der Waals surface area contributed by atoms with Crippen LogP contribution in [-0.4, -0.2) is 9.94 Å². The van der Waals surface area contributed by atoms with Gasteiger partial charge in [-0.25, -0.2) is 0 Å². The lowest BCUT2D eigenvalue weighted by molar-refractivity contribution is 0.213. The molecule has 0 aliphatic heterocycles. The van der Waals surface area contributed by atoms with Gasteiger partial charge in [0.25, 0.3) is 0 Å². The van der Waals surface area contributed by atoms with Gasteiger partial charge in [-0.15, -0.1) is 0 Å². The van der Waals surface area contributed by atoms with E-state index in [0.29, 0.717) is 11.4 Å². The number of anilines is 2. The van der Waals surface area contributed by atoms with Crippen molar-refractivity contribution in [1.29, 1.82) is 0 Å². The SMILES string of the molecule is Nc1ccc2c(c1)c1cc(N)ccc1n2O. The van der Waals surface area contributed by atoms with Crippen molar-refractivity contribution < 1.29 is 5.21 Å². The number of nitrogen functional groups attached to an aromatic ring is 2. The molecule has 0 unspecified atom stereocenters. The lowest BCUT2D eigenvalue weighted by Crippen LogP contribution is -1.89. The minimum absolute atomic E-state index is 0.669. The highest BCUT2D eigenvalue weighted by atomic mass is 16.5. The predicted molar refractivity (Wildman–Crippen MR) is 65.5 cm³/mol. The smallest absolute Gasteiger partial charge is 0.0880 e. The van der Waals surface area contributed by atoms with Gasteiger partial charge in [-0.2, -0.15) is 4.73 Å². The maximum absolute atomic E-state index is 9.97. The summed E-state index contributed by atoms with van der Waals surface area (Å²) >= 11 is 0. The third-order valence-corrected chi connectivity index (χ3v) is 2.79. The normalized spacial score (nSPS) is 11.2. The molecule has 4 nitrogen and oxygen atoms in total. The summed E-state index contributed by atoms with van der Waals surface area (Å²) in [6.45, 7) is 0. The van der Waals surface area contributed by atoms with Crippen LogP contribution in [0.2, 0.25) is 0 Å². The lowest BCUT2D eigenvalue weighted by Gasteiger charge is -1.96. The van der Waals surface area contributed by atoms with Gasteiger partial charge in [-0.05, 0) is 36.4 Å². The fourth-order valence-electron chi connectivity index (χ4n) is 2.04. The standard InChI is InChI=1S/C12H11N3O/c13-7-1-3-11-9(5-7)10-6-8(14)2-4-12(10)15(11)16/h1-6,16H,13-14H2. The van der Waals surface area contributed by atoms with E-state index >= 15 is 0 Å². The number of nitrogens with zero attached hydrogens (tertiary/aromatic N) is 1. The molecule has 16 heavy (non-hydrogen) atoms. The van der Waals surface area contributed by atoms with Gasteiger partial charge in [0, 0.05) is 22.1 Å². The zero-order valence-electron chi connectivity index (χ0n) is 8.51. The molecule has 1 aromatic heterocycles. The fourth-order valence-corrected chi connectivity index (χ4v) is 2.04. The molecule has 0 bridgehead atoms. The van der Waals surface area contributed by atoms with Crippen molar-refractivity contribution in [2.75, 3.05) is 11.5 Å². The van der Waals surface area contributed by atoms with E-state index in [4.69, 9.17) is 11.5 Å². The van der Waals surface area contributed by atoms with Gasteiger partial charge in [0.1, 0.15) is 0 Å². The van der Waals surface area contributed by atoms with Crippen molar-refractivity contribution in [2.24, 2.45) is 0 Å². The molecule has 3 rings (SSSR count). The molecule has 80 valence electrons. The third-order valence-electron chi connectivity index (χ3n) is 2.79. The van der Waals surface area contributed by atoms with E-state index in [-0.39, 0.29) is 0 Å². The van der Waals surface area contributed by atoms with Gasteiger partial charge >= 0.3 is 0 Å². The number of fused-ring (bicyclic) bond motifs is 3. The summed E-state index contributed by atoms with van der Waals surface area (Å²) in [5, 5.41) is 11.8. The summed E-state index contributed by atoms with van der Waals surface area (Å²) in [4.78, 5) is 0. The van der Waals surface area contributed by atoms with Crippen LogP contribution in [0.25, 0.3) is 21.8 Å². The molecule has 2 aromatic carbocycles. The van der Waals surface area contributed by atoms with Crippen LogP contribution in [-0.2, 0) is 0 Å². The molecule has 0 radical (unpaired) electrons. The molecule has 0 saturated carbocycles. The average molecular weight is 213 g/mol. The van der Waals surface area contributed by atoms with Crippen LogP contribution in [0.5, 0.6) is 0 Å². The summed E-state index contributed by atoms with van der Waals surface area (Å²) < 4.78 is 1.16. The Morgan fingerprint density at radius 2 is 1.25 bits per heavy atom. The van der Waals surface area contributed by atoms with E-state index in [9.17, 15) is 5.21 Å². The molecule has 3 aromatic rings. The lowest BCUT2D eigenvalue weighted by atomic mass is 10.1. The monoisotopic (exact) mass is 213 g/mol. The second-order valence-corrected chi connectivity index (χ2v) is 3.86. The summed E-state index contributed by atoms with van der Waals surface area (Å²) in [6.07, 6.45) is 0. The molecule has 0 saturated heterocycles. The van der Waals surface area contributed by atoms with Crippen LogP contribution < -0.4 is 11.5 Å². The highest BCUT2D eigenvalue weighted by molar-refractivity contribution is 6.09. The number of nitrogens with two attached hydrogens (primary N) is 2. The maximum atomic E-state index is 9.97. The molecule has 0 spiro atoms. The summed E-state index contributed by atoms with van der Waals surface area (Å²) in [5.74, 6) is 0. The second-order valence-electron chi connectivity index (χ2n) is 3.86. The molecule has 1 heterocycles. The minimum atomic E-state index is 0.669. The van der Waals surface area contributed by atoms with Gasteiger partial charge in [0.05, 0.1) is 11.0 Å². The van der Waals surface area contributed by atoms with Crippen molar-refractivity contribution in [2.45, 2.75) is 0 Å². The average Bonchev–Trinajstić information content (AvgIpc) is 2.52. The fraction of sp³-hybridized carbons (Fsp3) is 0. The van der Waals surface area contributed by atoms with Gasteiger partial charge in [0.2, 0.25) is 0 Å². The minimum Gasteiger partial charge on any atom is -0.428 e. The zero-order chi connectivity index (χ0) is 11.3. The van der Waals surface area contributed by atoms with E-state index in [1.165, 1.54) is 0 Å². The van der Waals surface area contributed by atoms with Crippen molar-refractivity contribution in [3.8, 4) is 0 Å². The third kappa shape index (κ3) is 1.04. The molecule has 0 atom stereocenters. The number of hydrogen-bond donors (Lipinski definition) is 3. The Morgan fingerprint density at radius 1 is 0.812 bits per heavy atom. The first kappa shape index (κ1) is 8.91. The largest absolute Gasteiger partial charge is 0.428 e. The summed E-state index contributed by atoms with van der Waals surface area (Å²) in [5.41, 5.74) is 14.3. The first-order valence-corrected chi connectivity index (χ1v) is 4.95. The van der Waals surface area contributed by atoms with E-state index in [2.05, 4.69) is 0 Å². The summed E-state index contributed by atoms with van der Waals surface area (Å²) in [7, 11) is 0. The highest BCUT2D eigenvalue weighted by Gasteiger charge is 2.09. The first-order valence-electron chi connectivity index (χ1n) is 4.95. The molecular weight excluding hydrogens is 202 g/mol. The number of hydrogen-bond acceptors (Lipinski definition) is 3. The number of rotatable bonds is 0. The van der Waals surface area contributed by atoms with Crippen molar-refractivity contribution in [3.63, 3.8) is 0 Å². The maximum Gasteiger partial charge on any atom is 0.0880 e. The molecular formula is C12H11N3O. The second kappa shape index (κ2) is 2.82. The Balaban J connectivity index is 2.60. The van der Waals surface area contributed by atoms with Crippen molar-refractivity contribution in [1.82, 2.24) is 4.73 Å². The summed E-state index contributed by atoms with van der Waals surface area (Å²) in [6, 6.07) is 10.8. The van der Waals surface area contributed by atoms with E-state index in [0.717, 1.165) is 26.5 Å². The molecule has 4 heteroatoms. The Morgan fingerprint density at radius 3 is 1.69 bits per heavy atom. The van der Waals surface area contributed by atoms with Crippen LogP contribution in [0.3, 0.4) is 0 Å². The molecule has 0 amide bonds. The molecule has 0 aliphatic carbocycles. The molecule has 0 aliphatic rings. The Labute approximate surface area is 91.6 Å². The Bertz CT molecular complexity index is 641. The van der Waals surface area contributed by atoms with Crippen molar-refractivity contribution in [3.05, 3.63) is 36.4 Å². The van der Waals surface area contributed by atoms with E-state index in [1.807, 2.05) is 12.1 Å². The Hall–Kier alpha value is -2.36. The van der Waals surface area contributed by atoms with Gasteiger partial charge in [-0.1, -0.05) is 0 Å². The van der Waals surface area contributed by atoms with Gasteiger partial charge in [-0.3, -0.25) is 0 Å². The number of aromatic nitrogens is 1. The van der Waals surface area contributed by atoms with Gasteiger partial charge < -0.3 is 16.7 Å². The van der Waals surface area contributed by atoms with Crippen LogP contribution in [0.15, 0.2) is 36.4 Å².